The molecule has 0 aliphatic carbocycles. The Morgan fingerprint density at radius 1 is 1.05 bits per heavy atom. The minimum Gasteiger partial charge on any atom is -0.507 e. The van der Waals surface area contributed by atoms with Crippen molar-refractivity contribution in [2.24, 2.45) is 0 Å². The number of halogens is 1. The lowest BCUT2D eigenvalue weighted by Crippen LogP contribution is -2.24. The van der Waals surface area contributed by atoms with E-state index in [1.807, 2.05) is 31.2 Å². The first kappa shape index (κ1) is 15.7. The molecule has 21 heavy (non-hydrogen) atoms. The van der Waals surface area contributed by atoms with E-state index in [1.165, 1.54) is 0 Å². The van der Waals surface area contributed by atoms with Gasteiger partial charge in [-0.3, -0.25) is 0 Å². The number of aromatic hydroxyl groups is 2. The number of nitrogens with one attached hydrogen (secondary N) is 1. The molecule has 0 saturated heterocycles. The molecule has 2 unspecified atom stereocenters. The van der Waals surface area contributed by atoms with Crippen LogP contribution < -0.4 is 5.32 Å². The summed E-state index contributed by atoms with van der Waals surface area (Å²) in [5, 5.41) is 24.0. The van der Waals surface area contributed by atoms with Crippen LogP contribution in [0.2, 0.25) is 5.02 Å². The molecule has 2 atom stereocenters. The number of hydrogen-bond donors (Lipinski definition) is 3. The molecule has 0 aliphatic rings. The zero-order valence-electron chi connectivity index (χ0n) is 12.2. The maximum Gasteiger partial charge on any atom is 0.124 e. The van der Waals surface area contributed by atoms with E-state index < -0.39 is 0 Å². The zero-order valence-corrected chi connectivity index (χ0v) is 12.9. The highest BCUT2D eigenvalue weighted by Gasteiger charge is 2.19. The van der Waals surface area contributed by atoms with Crippen LogP contribution in [-0.2, 0) is 0 Å². The van der Waals surface area contributed by atoms with Gasteiger partial charge in [-0.2, -0.15) is 0 Å². The average Bonchev–Trinajstić information content (AvgIpc) is 2.45. The van der Waals surface area contributed by atoms with Crippen LogP contribution in [0.1, 0.15) is 43.5 Å². The summed E-state index contributed by atoms with van der Waals surface area (Å²) in [7, 11) is 0. The highest BCUT2D eigenvalue weighted by Crippen LogP contribution is 2.34. The summed E-state index contributed by atoms with van der Waals surface area (Å²) in [5.41, 5.74) is 1.65. The summed E-state index contributed by atoms with van der Waals surface area (Å²) < 4.78 is 0. The van der Waals surface area contributed by atoms with E-state index >= 15 is 0 Å². The fourth-order valence-electron chi connectivity index (χ4n) is 2.51. The number of phenolic OH excluding ortho intramolecular Hbond substituents is 2. The Hall–Kier alpha value is -1.71. The van der Waals surface area contributed by atoms with Crippen molar-refractivity contribution < 1.29 is 10.2 Å². The normalized spacial score (nSPS) is 13.9. The van der Waals surface area contributed by atoms with E-state index in [9.17, 15) is 10.2 Å². The summed E-state index contributed by atoms with van der Waals surface area (Å²) in [6.45, 7) is 4.01. The maximum atomic E-state index is 9.94. The van der Waals surface area contributed by atoms with Gasteiger partial charge in [-0.25, -0.2) is 0 Å². The van der Waals surface area contributed by atoms with E-state index in [0.717, 1.165) is 12.0 Å². The minimum atomic E-state index is -0.174. The van der Waals surface area contributed by atoms with Gasteiger partial charge in [-0.15, -0.1) is 0 Å². The Balaban J connectivity index is 2.20. The zero-order chi connectivity index (χ0) is 15.4. The van der Waals surface area contributed by atoms with Gasteiger partial charge in [-0.05, 0) is 43.2 Å². The Morgan fingerprint density at radius 3 is 2.14 bits per heavy atom. The van der Waals surface area contributed by atoms with Crippen molar-refractivity contribution >= 4 is 11.6 Å². The predicted molar refractivity (Wildman–Crippen MR) is 85.8 cm³/mol. The fourth-order valence-corrected chi connectivity index (χ4v) is 2.64. The summed E-state index contributed by atoms with van der Waals surface area (Å²) >= 11 is 5.92. The first-order valence-corrected chi connectivity index (χ1v) is 7.43. The van der Waals surface area contributed by atoms with Gasteiger partial charge in [0.05, 0.1) is 5.56 Å². The Kier molecular flexibility index (Phi) is 5.10. The van der Waals surface area contributed by atoms with Gasteiger partial charge in [0.1, 0.15) is 11.5 Å². The van der Waals surface area contributed by atoms with Crippen LogP contribution in [0.4, 0.5) is 0 Å². The van der Waals surface area contributed by atoms with Crippen molar-refractivity contribution in [1.82, 2.24) is 5.32 Å². The standard InChI is InChI=1S/C17H20ClNO2/c1-3-14(12-7-9-13(18)10-8-12)19-11(2)17-15(20)5-4-6-16(17)21/h4-11,14,19-21H,3H2,1-2H3. The van der Waals surface area contributed by atoms with Crippen LogP contribution >= 0.6 is 11.6 Å². The maximum absolute atomic E-state index is 9.94. The third-order valence-electron chi connectivity index (χ3n) is 3.62. The highest BCUT2D eigenvalue weighted by molar-refractivity contribution is 6.30. The molecule has 0 heterocycles. The molecule has 0 aromatic heterocycles. The molecule has 0 bridgehead atoms. The number of hydrogen-bond acceptors (Lipinski definition) is 3. The van der Waals surface area contributed by atoms with Crippen LogP contribution in [0.3, 0.4) is 0 Å². The lowest BCUT2D eigenvalue weighted by molar-refractivity contribution is 0.397. The Bertz CT molecular complexity index is 578. The number of rotatable bonds is 5. The second kappa shape index (κ2) is 6.83. The Labute approximate surface area is 130 Å². The molecule has 0 saturated carbocycles. The van der Waals surface area contributed by atoms with Crippen LogP contribution in [0, 0.1) is 0 Å². The van der Waals surface area contributed by atoms with Gasteiger partial charge in [-0.1, -0.05) is 36.7 Å². The second-order valence-corrected chi connectivity index (χ2v) is 5.55. The van der Waals surface area contributed by atoms with Gasteiger partial charge >= 0.3 is 0 Å². The van der Waals surface area contributed by atoms with Crippen LogP contribution in [0.5, 0.6) is 11.5 Å². The lowest BCUT2D eigenvalue weighted by Gasteiger charge is -2.24. The summed E-state index contributed by atoms with van der Waals surface area (Å²) in [6, 6.07) is 12.4. The predicted octanol–water partition coefficient (Wildman–Crippen LogP) is 4.55. The molecular weight excluding hydrogens is 286 g/mol. The third kappa shape index (κ3) is 3.69. The number of phenols is 2. The van der Waals surface area contributed by atoms with Gasteiger partial charge in [0.2, 0.25) is 0 Å². The monoisotopic (exact) mass is 305 g/mol. The molecule has 0 spiro atoms. The molecular formula is C17H20ClNO2. The van der Waals surface area contributed by atoms with Crippen LogP contribution in [0.25, 0.3) is 0 Å². The smallest absolute Gasteiger partial charge is 0.124 e. The fraction of sp³-hybridized carbons (Fsp3) is 0.294. The van der Waals surface area contributed by atoms with E-state index in [-0.39, 0.29) is 23.6 Å². The Morgan fingerprint density at radius 2 is 1.62 bits per heavy atom. The molecule has 112 valence electrons. The van der Waals surface area contributed by atoms with Crippen molar-refractivity contribution in [3.63, 3.8) is 0 Å². The van der Waals surface area contributed by atoms with E-state index in [1.54, 1.807) is 18.2 Å². The molecule has 0 aliphatic heterocycles. The summed E-state index contributed by atoms with van der Waals surface area (Å²) in [4.78, 5) is 0. The molecule has 4 heteroatoms. The molecule has 0 fully saturated rings. The van der Waals surface area contributed by atoms with Crippen LogP contribution in [0.15, 0.2) is 42.5 Å². The second-order valence-electron chi connectivity index (χ2n) is 5.11. The molecule has 2 aromatic rings. The molecule has 2 aromatic carbocycles. The quantitative estimate of drug-likeness (QED) is 0.759. The highest BCUT2D eigenvalue weighted by atomic mass is 35.5. The molecule has 3 N–H and O–H groups in total. The SMILES string of the molecule is CCC(NC(C)c1c(O)cccc1O)c1ccc(Cl)cc1. The first-order chi connectivity index (χ1) is 10.0. The largest absolute Gasteiger partial charge is 0.507 e. The number of benzene rings is 2. The van der Waals surface area contributed by atoms with Crippen molar-refractivity contribution in [2.75, 3.05) is 0 Å². The molecule has 0 radical (unpaired) electrons. The van der Waals surface area contributed by atoms with Gasteiger partial charge in [0.15, 0.2) is 0 Å². The summed E-state index contributed by atoms with van der Waals surface area (Å²) in [6.07, 6.45) is 0.889. The summed E-state index contributed by atoms with van der Waals surface area (Å²) in [5.74, 6) is 0.196. The van der Waals surface area contributed by atoms with E-state index in [4.69, 9.17) is 11.6 Å². The van der Waals surface area contributed by atoms with Crippen LogP contribution in [-0.4, -0.2) is 10.2 Å². The molecule has 2 rings (SSSR count). The molecule has 3 nitrogen and oxygen atoms in total. The van der Waals surface area contributed by atoms with E-state index in [2.05, 4.69) is 12.2 Å². The first-order valence-electron chi connectivity index (χ1n) is 7.05. The van der Waals surface area contributed by atoms with Gasteiger partial charge < -0.3 is 15.5 Å². The van der Waals surface area contributed by atoms with Crippen molar-refractivity contribution in [3.05, 3.63) is 58.6 Å². The van der Waals surface area contributed by atoms with Gasteiger partial charge in [0, 0.05) is 17.1 Å². The minimum absolute atomic E-state index is 0.0981. The molecule has 0 amide bonds. The average molecular weight is 306 g/mol. The van der Waals surface area contributed by atoms with Crippen molar-refractivity contribution in [1.29, 1.82) is 0 Å². The third-order valence-corrected chi connectivity index (χ3v) is 3.88. The lowest BCUT2D eigenvalue weighted by atomic mass is 10.0. The van der Waals surface area contributed by atoms with Crippen molar-refractivity contribution in [2.45, 2.75) is 32.4 Å². The topological polar surface area (TPSA) is 52.5 Å². The van der Waals surface area contributed by atoms with Gasteiger partial charge in [0.25, 0.3) is 0 Å². The van der Waals surface area contributed by atoms with E-state index in [0.29, 0.717) is 10.6 Å². The van der Waals surface area contributed by atoms with Crippen molar-refractivity contribution in [3.8, 4) is 11.5 Å².